The van der Waals surface area contributed by atoms with Crippen molar-refractivity contribution < 1.29 is 0 Å². The molecule has 30 heavy (non-hydrogen) atoms. The van der Waals surface area contributed by atoms with Gasteiger partial charge in [-0.3, -0.25) is 0 Å². The number of fused-ring (bicyclic) bond motifs is 8. The number of H-pyrrole nitrogens is 1. The van der Waals surface area contributed by atoms with Crippen LogP contribution in [0.3, 0.4) is 0 Å². The molecule has 1 aromatic heterocycles. The Balaban J connectivity index is 1.54. The van der Waals surface area contributed by atoms with E-state index in [2.05, 4.69) is 108 Å². The smallest absolute Gasteiger partial charge is 0.0667 e. The van der Waals surface area contributed by atoms with Crippen molar-refractivity contribution in [2.75, 3.05) is 0 Å². The first-order chi connectivity index (χ1) is 14.9. The van der Waals surface area contributed by atoms with Gasteiger partial charge in [0.2, 0.25) is 0 Å². The molecule has 1 heteroatoms. The van der Waals surface area contributed by atoms with Crippen molar-refractivity contribution in [3.63, 3.8) is 0 Å². The second-order valence-corrected chi connectivity index (χ2v) is 8.28. The van der Waals surface area contributed by atoms with Crippen LogP contribution in [0.15, 0.2) is 108 Å². The molecule has 0 amide bonds. The zero-order chi connectivity index (χ0) is 19.7. The fourth-order valence-electron chi connectivity index (χ4n) is 5.60. The van der Waals surface area contributed by atoms with Crippen LogP contribution >= 0.6 is 0 Å². The molecule has 1 N–H and O–H groups in total. The summed E-state index contributed by atoms with van der Waals surface area (Å²) < 4.78 is 0. The molecule has 1 unspecified atom stereocenters. The molecular formula is C29H19N. The fraction of sp³-hybridized carbons (Fsp3) is 0.0345. The summed E-state index contributed by atoms with van der Waals surface area (Å²) in [6.45, 7) is 0. The van der Waals surface area contributed by atoms with Gasteiger partial charge >= 0.3 is 0 Å². The highest BCUT2D eigenvalue weighted by Gasteiger charge is 2.48. The molecule has 1 nitrogen and oxygen atoms in total. The molecule has 140 valence electrons. The van der Waals surface area contributed by atoms with Crippen LogP contribution in [0.5, 0.6) is 0 Å². The van der Waals surface area contributed by atoms with Gasteiger partial charge in [0.15, 0.2) is 0 Å². The molecule has 4 aliphatic rings. The first kappa shape index (κ1) is 16.0. The third-order valence-electron chi connectivity index (χ3n) is 6.87. The van der Waals surface area contributed by atoms with Crippen molar-refractivity contribution in [1.29, 1.82) is 0 Å². The molecule has 1 atom stereocenters. The number of hydrogen-bond acceptors (Lipinski definition) is 0. The fourth-order valence-corrected chi connectivity index (χ4v) is 5.60. The van der Waals surface area contributed by atoms with Gasteiger partial charge in [0, 0.05) is 11.9 Å². The van der Waals surface area contributed by atoms with Gasteiger partial charge in [-0.25, -0.2) is 0 Å². The van der Waals surface area contributed by atoms with Crippen molar-refractivity contribution >= 4 is 28.9 Å². The molecule has 0 saturated carbocycles. The average molecular weight is 381 g/mol. The van der Waals surface area contributed by atoms with Crippen LogP contribution in [0.2, 0.25) is 0 Å². The van der Waals surface area contributed by atoms with Gasteiger partial charge in [-0.2, -0.15) is 0 Å². The first-order valence-electron chi connectivity index (χ1n) is 10.5. The number of aromatic nitrogens is 1. The van der Waals surface area contributed by atoms with Crippen LogP contribution in [0.1, 0.15) is 27.9 Å². The number of nitrogens with one attached hydrogen (secondary N) is 1. The van der Waals surface area contributed by atoms with E-state index in [-0.39, 0.29) is 5.41 Å². The van der Waals surface area contributed by atoms with E-state index in [9.17, 15) is 0 Å². The van der Waals surface area contributed by atoms with Gasteiger partial charge in [0.05, 0.1) is 5.41 Å². The van der Waals surface area contributed by atoms with Crippen LogP contribution < -0.4 is 0 Å². The van der Waals surface area contributed by atoms with E-state index in [0.29, 0.717) is 0 Å². The summed E-state index contributed by atoms with van der Waals surface area (Å²) in [7, 11) is 0. The minimum Gasteiger partial charge on any atom is -0.361 e. The summed E-state index contributed by atoms with van der Waals surface area (Å²) in [5, 5.41) is 0. The Morgan fingerprint density at radius 3 is 1.93 bits per heavy atom. The number of aromatic amines is 1. The molecule has 7 rings (SSSR count). The normalized spacial score (nSPS) is 22.3. The largest absolute Gasteiger partial charge is 0.361 e. The Kier molecular flexibility index (Phi) is 2.99. The van der Waals surface area contributed by atoms with Crippen molar-refractivity contribution in [2.45, 2.75) is 0 Å². The van der Waals surface area contributed by atoms with Gasteiger partial charge < -0.3 is 4.98 Å². The second kappa shape index (κ2) is 5.61. The lowest BCUT2D eigenvalue weighted by Crippen LogP contribution is -2.28. The molecule has 0 fully saturated rings. The molecule has 0 bridgehead atoms. The molecule has 3 aromatic rings. The van der Waals surface area contributed by atoms with E-state index in [1.807, 2.05) is 6.20 Å². The number of hydrogen-bond donors (Lipinski definition) is 1. The summed E-state index contributed by atoms with van der Waals surface area (Å²) in [5.74, 6) is 0. The SMILES string of the molecule is C1=CC2(C3=Cc4ccccc4C3=C1)C1=Cc3ccccc3C1=CC=C2c1ccc[nH]1. The van der Waals surface area contributed by atoms with Crippen molar-refractivity contribution in [1.82, 2.24) is 4.98 Å². The van der Waals surface area contributed by atoms with Gasteiger partial charge in [0.25, 0.3) is 0 Å². The van der Waals surface area contributed by atoms with Crippen LogP contribution in [-0.2, 0) is 0 Å². The molecule has 0 saturated heterocycles. The number of benzene rings is 2. The summed E-state index contributed by atoms with van der Waals surface area (Å²) in [5.41, 5.74) is 12.8. The first-order valence-corrected chi connectivity index (χ1v) is 10.5. The van der Waals surface area contributed by atoms with E-state index in [1.54, 1.807) is 0 Å². The van der Waals surface area contributed by atoms with Gasteiger partial charge in [-0.05, 0) is 74.4 Å². The second-order valence-electron chi connectivity index (χ2n) is 8.28. The summed E-state index contributed by atoms with van der Waals surface area (Å²) in [4.78, 5) is 3.48. The molecule has 1 spiro atoms. The van der Waals surface area contributed by atoms with E-state index in [1.165, 1.54) is 55.8 Å². The van der Waals surface area contributed by atoms with Crippen molar-refractivity contribution in [3.8, 4) is 0 Å². The van der Waals surface area contributed by atoms with E-state index >= 15 is 0 Å². The minimum absolute atomic E-state index is 0.308. The maximum absolute atomic E-state index is 3.48. The monoisotopic (exact) mass is 381 g/mol. The predicted molar refractivity (Wildman–Crippen MR) is 125 cm³/mol. The van der Waals surface area contributed by atoms with Crippen molar-refractivity contribution in [3.05, 3.63) is 136 Å². The Bertz CT molecular complexity index is 1390. The van der Waals surface area contributed by atoms with Gasteiger partial charge in [-0.1, -0.05) is 78.9 Å². The molecule has 1 heterocycles. The number of allylic oxidation sites excluding steroid dienone is 10. The third kappa shape index (κ3) is 1.87. The van der Waals surface area contributed by atoms with Gasteiger partial charge in [0.1, 0.15) is 0 Å². The Labute approximate surface area is 175 Å². The molecular weight excluding hydrogens is 362 g/mol. The maximum atomic E-state index is 3.48. The van der Waals surface area contributed by atoms with E-state index in [0.717, 1.165) is 0 Å². The third-order valence-corrected chi connectivity index (χ3v) is 6.87. The standard InChI is InChI=1S/C29H19N/c1-3-9-21-19(7-1)17-26-23(21)11-5-15-29(26)25(28-12-6-16-30-28)14-13-24-22-10-4-2-8-20(22)18-27(24)29/h1-18,30H. The minimum atomic E-state index is -0.308. The van der Waals surface area contributed by atoms with Crippen LogP contribution in [0.25, 0.3) is 28.9 Å². The summed E-state index contributed by atoms with van der Waals surface area (Å²) in [6.07, 6.45) is 18.3. The van der Waals surface area contributed by atoms with Gasteiger partial charge in [-0.15, -0.1) is 0 Å². The molecule has 2 aromatic carbocycles. The average Bonchev–Trinajstić information content (AvgIpc) is 3.52. The Morgan fingerprint density at radius 1 is 0.600 bits per heavy atom. The van der Waals surface area contributed by atoms with Crippen LogP contribution in [0.4, 0.5) is 0 Å². The highest BCUT2D eigenvalue weighted by Crippen LogP contribution is 2.63. The van der Waals surface area contributed by atoms with Crippen LogP contribution in [0, 0.1) is 5.41 Å². The molecule has 0 radical (unpaired) electrons. The zero-order valence-electron chi connectivity index (χ0n) is 16.4. The Morgan fingerprint density at radius 2 is 1.27 bits per heavy atom. The Hall–Kier alpha value is -3.84. The lowest BCUT2D eigenvalue weighted by molar-refractivity contribution is 0.775. The van der Waals surface area contributed by atoms with E-state index in [4.69, 9.17) is 0 Å². The summed E-state index contributed by atoms with van der Waals surface area (Å²) >= 11 is 0. The highest BCUT2D eigenvalue weighted by atomic mass is 14.7. The molecule has 4 aliphatic carbocycles. The number of rotatable bonds is 1. The topological polar surface area (TPSA) is 15.8 Å². The van der Waals surface area contributed by atoms with E-state index < -0.39 is 0 Å². The van der Waals surface area contributed by atoms with Crippen LogP contribution in [-0.4, -0.2) is 4.98 Å². The molecule has 0 aliphatic heterocycles. The maximum Gasteiger partial charge on any atom is 0.0667 e. The highest BCUT2D eigenvalue weighted by molar-refractivity contribution is 6.10. The van der Waals surface area contributed by atoms with Crippen molar-refractivity contribution in [2.24, 2.45) is 5.41 Å². The lowest BCUT2D eigenvalue weighted by Gasteiger charge is -2.41. The zero-order valence-corrected chi connectivity index (χ0v) is 16.4. The predicted octanol–water partition coefficient (Wildman–Crippen LogP) is 6.93. The lowest BCUT2D eigenvalue weighted by atomic mass is 9.60. The quantitative estimate of drug-likeness (QED) is 0.470. The summed E-state index contributed by atoms with van der Waals surface area (Å²) in [6, 6.07) is 21.7.